The lowest BCUT2D eigenvalue weighted by Crippen LogP contribution is -2.45. The van der Waals surface area contributed by atoms with Gasteiger partial charge in [-0.15, -0.1) is 0 Å². The lowest BCUT2D eigenvalue weighted by molar-refractivity contribution is 0.0122. The maximum atomic E-state index is 5.69. The Bertz CT molecular complexity index is 173. The van der Waals surface area contributed by atoms with E-state index < -0.39 is 0 Å². The predicted octanol–water partition coefficient (Wildman–Crippen LogP) is 2.27. The Morgan fingerprint density at radius 3 is 2.47 bits per heavy atom. The van der Waals surface area contributed by atoms with Crippen LogP contribution in [0.25, 0.3) is 0 Å². The number of nitrogens with one attached hydrogen (secondary N) is 1. The van der Waals surface area contributed by atoms with Crippen molar-refractivity contribution in [1.29, 1.82) is 0 Å². The van der Waals surface area contributed by atoms with Crippen molar-refractivity contribution in [3.8, 4) is 0 Å². The quantitative estimate of drug-likeness (QED) is 0.706. The predicted molar refractivity (Wildman–Crippen MR) is 73.5 cm³/mol. The van der Waals surface area contributed by atoms with Crippen LogP contribution in [-0.2, 0) is 4.74 Å². The summed E-state index contributed by atoms with van der Waals surface area (Å²) in [6.45, 7) is 12.1. The normalized spacial score (nSPS) is 20.6. The maximum absolute atomic E-state index is 5.69. The van der Waals surface area contributed by atoms with E-state index in [9.17, 15) is 0 Å². The molecule has 102 valence electrons. The summed E-state index contributed by atoms with van der Waals surface area (Å²) >= 11 is 0. The second-order valence-electron chi connectivity index (χ2n) is 5.00. The summed E-state index contributed by atoms with van der Waals surface area (Å²) in [4.78, 5) is 2.60. The largest absolute Gasteiger partial charge is 0.378 e. The molecule has 17 heavy (non-hydrogen) atoms. The molecule has 1 saturated heterocycles. The fraction of sp³-hybridized carbons (Fsp3) is 1.00. The molecule has 0 aliphatic carbocycles. The number of piperidine rings is 1. The van der Waals surface area contributed by atoms with Crippen molar-refractivity contribution in [3.63, 3.8) is 0 Å². The Morgan fingerprint density at radius 2 is 1.94 bits per heavy atom. The number of rotatable bonds is 8. The van der Waals surface area contributed by atoms with Gasteiger partial charge in [-0.3, -0.25) is 0 Å². The monoisotopic (exact) mass is 242 g/mol. The molecule has 0 amide bonds. The van der Waals surface area contributed by atoms with Crippen LogP contribution in [0.3, 0.4) is 0 Å². The molecule has 1 fully saturated rings. The Balaban J connectivity index is 2.22. The van der Waals surface area contributed by atoms with Gasteiger partial charge >= 0.3 is 0 Å². The maximum Gasteiger partial charge on any atom is 0.0599 e. The highest BCUT2D eigenvalue weighted by atomic mass is 16.5. The first-order valence-corrected chi connectivity index (χ1v) is 7.37. The van der Waals surface area contributed by atoms with Gasteiger partial charge in [0.15, 0.2) is 0 Å². The van der Waals surface area contributed by atoms with Gasteiger partial charge in [-0.25, -0.2) is 0 Å². The van der Waals surface area contributed by atoms with Crippen LogP contribution in [-0.4, -0.2) is 49.8 Å². The van der Waals surface area contributed by atoms with Crippen LogP contribution in [0.2, 0.25) is 0 Å². The van der Waals surface area contributed by atoms with Crippen molar-refractivity contribution in [2.24, 2.45) is 0 Å². The Labute approximate surface area is 107 Å². The molecule has 0 bridgehead atoms. The van der Waals surface area contributed by atoms with E-state index in [0.717, 1.165) is 13.2 Å². The molecule has 0 aromatic heterocycles. The third-order valence-corrected chi connectivity index (χ3v) is 3.55. The number of likely N-dealkylation sites (tertiary alicyclic amines) is 1. The van der Waals surface area contributed by atoms with Crippen molar-refractivity contribution in [3.05, 3.63) is 0 Å². The van der Waals surface area contributed by atoms with Gasteiger partial charge in [0, 0.05) is 32.3 Å². The minimum atomic E-state index is 0.514. The van der Waals surface area contributed by atoms with Crippen LogP contribution in [0.15, 0.2) is 0 Å². The molecule has 0 radical (unpaired) electrons. The molecule has 1 aliphatic heterocycles. The highest BCUT2D eigenvalue weighted by Gasteiger charge is 2.21. The summed E-state index contributed by atoms with van der Waals surface area (Å²) in [5, 5.41) is 3.59. The van der Waals surface area contributed by atoms with E-state index in [0.29, 0.717) is 12.1 Å². The van der Waals surface area contributed by atoms with Gasteiger partial charge in [-0.1, -0.05) is 20.3 Å². The highest BCUT2D eigenvalue weighted by Crippen LogP contribution is 2.14. The highest BCUT2D eigenvalue weighted by molar-refractivity contribution is 4.77. The Kier molecular flexibility index (Phi) is 7.82. The summed E-state index contributed by atoms with van der Waals surface area (Å²) < 4.78 is 5.69. The molecule has 1 atom stereocenters. The number of hydrogen-bond donors (Lipinski definition) is 1. The van der Waals surface area contributed by atoms with E-state index in [1.54, 1.807) is 0 Å². The van der Waals surface area contributed by atoms with Gasteiger partial charge in [0.1, 0.15) is 0 Å². The molecule has 0 saturated carbocycles. The van der Waals surface area contributed by atoms with E-state index in [1.165, 1.54) is 45.3 Å². The Hall–Kier alpha value is -0.120. The molecular weight excluding hydrogens is 212 g/mol. The van der Waals surface area contributed by atoms with Gasteiger partial charge in [0.25, 0.3) is 0 Å². The van der Waals surface area contributed by atoms with Crippen molar-refractivity contribution < 1.29 is 4.74 Å². The zero-order valence-corrected chi connectivity index (χ0v) is 11.9. The number of hydrogen-bond acceptors (Lipinski definition) is 3. The molecule has 1 rings (SSSR count). The lowest BCUT2D eigenvalue weighted by atomic mass is 10.1. The lowest BCUT2D eigenvalue weighted by Gasteiger charge is -2.34. The molecule has 0 aromatic carbocycles. The van der Waals surface area contributed by atoms with Gasteiger partial charge in [-0.05, 0) is 32.7 Å². The average molecular weight is 242 g/mol. The van der Waals surface area contributed by atoms with E-state index in [1.807, 2.05) is 0 Å². The van der Waals surface area contributed by atoms with Crippen molar-refractivity contribution >= 4 is 0 Å². The zero-order valence-electron chi connectivity index (χ0n) is 11.9. The third-order valence-electron chi connectivity index (χ3n) is 3.55. The summed E-state index contributed by atoms with van der Waals surface area (Å²) in [6.07, 6.45) is 5.49. The van der Waals surface area contributed by atoms with Gasteiger partial charge in [0.05, 0.1) is 6.10 Å². The summed E-state index contributed by atoms with van der Waals surface area (Å²) in [6, 6.07) is 0.675. The molecule has 1 heterocycles. The number of nitrogens with zero attached hydrogens (tertiary/aromatic N) is 1. The third kappa shape index (κ3) is 5.84. The average Bonchev–Trinajstić information content (AvgIpc) is 2.33. The van der Waals surface area contributed by atoms with E-state index in [-0.39, 0.29) is 0 Å². The minimum Gasteiger partial charge on any atom is -0.378 e. The minimum absolute atomic E-state index is 0.514. The van der Waals surface area contributed by atoms with Crippen LogP contribution < -0.4 is 5.32 Å². The van der Waals surface area contributed by atoms with Crippen molar-refractivity contribution in [2.45, 2.75) is 58.6 Å². The summed E-state index contributed by atoms with van der Waals surface area (Å²) in [7, 11) is 0. The fourth-order valence-electron chi connectivity index (χ4n) is 2.70. The number of ether oxygens (including phenoxy) is 1. The molecule has 1 unspecified atom stereocenters. The van der Waals surface area contributed by atoms with Gasteiger partial charge < -0.3 is 15.0 Å². The zero-order chi connectivity index (χ0) is 12.5. The first kappa shape index (κ1) is 14.9. The first-order chi connectivity index (χ1) is 8.30. The van der Waals surface area contributed by atoms with Crippen LogP contribution in [0.1, 0.15) is 46.5 Å². The van der Waals surface area contributed by atoms with Crippen molar-refractivity contribution in [2.75, 3.05) is 32.8 Å². The molecule has 0 spiro atoms. The SMILES string of the molecule is CCCC(CN1CCC(OCC)CC1)NCC. The smallest absolute Gasteiger partial charge is 0.0599 e. The molecule has 0 aromatic rings. The van der Waals surface area contributed by atoms with Crippen LogP contribution in [0.4, 0.5) is 0 Å². The van der Waals surface area contributed by atoms with Crippen LogP contribution in [0, 0.1) is 0 Å². The van der Waals surface area contributed by atoms with Gasteiger partial charge in [-0.2, -0.15) is 0 Å². The second kappa shape index (κ2) is 8.90. The topological polar surface area (TPSA) is 24.5 Å². The molecule has 1 aliphatic rings. The van der Waals surface area contributed by atoms with E-state index in [4.69, 9.17) is 4.74 Å². The second-order valence-corrected chi connectivity index (χ2v) is 5.00. The van der Waals surface area contributed by atoms with Crippen LogP contribution >= 0.6 is 0 Å². The Morgan fingerprint density at radius 1 is 1.24 bits per heavy atom. The van der Waals surface area contributed by atoms with Crippen LogP contribution in [0.5, 0.6) is 0 Å². The summed E-state index contributed by atoms with van der Waals surface area (Å²) in [5.41, 5.74) is 0. The first-order valence-electron chi connectivity index (χ1n) is 7.37. The standard InChI is InChI=1S/C14H30N2O/c1-4-7-13(15-5-2)12-16-10-8-14(9-11-16)17-6-3/h13-15H,4-12H2,1-3H3. The molecule has 3 nitrogen and oxygen atoms in total. The molecule has 3 heteroatoms. The van der Waals surface area contributed by atoms with E-state index in [2.05, 4.69) is 31.0 Å². The van der Waals surface area contributed by atoms with Crippen molar-refractivity contribution in [1.82, 2.24) is 10.2 Å². The summed E-state index contributed by atoms with van der Waals surface area (Å²) in [5.74, 6) is 0. The number of likely N-dealkylation sites (N-methyl/N-ethyl adjacent to an activating group) is 1. The molecular formula is C14H30N2O. The van der Waals surface area contributed by atoms with Gasteiger partial charge in [0.2, 0.25) is 0 Å². The van der Waals surface area contributed by atoms with E-state index >= 15 is 0 Å². The fourth-order valence-corrected chi connectivity index (χ4v) is 2.70. The molecule has 1 N–H and O–H groups in total.